The molecule has 0 unspecified atom stereocenters. The number of ether oxygens (including phenoxy) is 2. The SMILES string of the molecule is COc1ccccc1C1CCN(C(=O)C[C@@H]2CCOC2)CC1. The lowest BCUT2D eigenvalue weighted by atomic mass is 9.88. The largest absolute Gasteiger partial charge is 0.496 e. The Balaban J connectivity index is 1.54. The van der Waals surface area contributed by atoms with Gasteiger partial charge in [-0.1, -0.05) is 18.2 Å². The summed E-state index contributed by atoms with van der Waals surface area (Å²) in [5.74, 6) is 2.19. The van der Waals surface area contributed by atoms with Crippen LogP contribution < -0.4 is 4.74 Å². The van der Waals surface area contributed by atoms with Crippen LogP contribution in [0.4, 0.5) is 0 Å². The molecule has 2 heterocycles. The van der Waals surface area contributed by atoms with E-state index in [0.29, 0.717) is 24.2 Å². The van der Waals surface area contributed by atoms with E-state index in [9.17, 15) is 4.79 Å². The van der Waals surface area contributed by atoms with Crippen molar-refractivity contribution >= 4 is 5.91 Å². The van der Waals surface area contributed by atoms with Gasteiger partial charge in [-0.25, -0.2) is 0 Å². The van der Waals surface area contributed by atoms with Crippen molar-refractivity contribution in [2.45, 2.75) is 31.6 Å². The summed E-state index contributed by atoms with van der Waals surface area (Å²) in [6.45, 7) is 3.28. The number of carbonyl (C=O) groups excluding carboxylic acids is 1. The van der Waals surface area contributed by atoms with E-state index in [2.05, 4.69) is 12.1 Å². The minimum Gasteiger partial charge on any atom is -0.496 e. The molecule has 0 aromatic heterocycles. The van der Waals surface area contributed by atoms with Crippen molar-refractivity contribution in [2.75, 3.05) is 33.4 Å². The minimum absolute atomic E-state index is 0.300. The van der Waals surface area contributed by atoms with Crippen LogP contribution in [0.2, 0.25) is 0 Å². The van der Waals surface area contributed by atoms with Crippen LogP contribution in [0.15, 0.2) is 24.3 Å². The number of para-hydroxylation sites is 1. The van der Waals surface area contributed by atoms with Crippen LogP contribution in [0.25, 0.3) is 0 Å². The first kappa shape index (κ1) is 15.3. The van der Waals surface area contributed by atoms with Crippen molar-refractivity contribution in [3.8, 4) is 5.75 Å². The van der Waals surface area contributed by atoms with Gasteiger partial charge in [0, 0.05) is 32.7 Å². The molecular weight excluding hydrogens is 278 g/mol. The number of carbonyl (C=O) groups is 1. The number of amides is 1. The van der Waals surface area contributed by atoms with Crippen LogP contribution in [-0.4, -0.2) is 44.2 Å². The number of rotatable bonds is 4. The van der Waals surface area contributed by atoms with Gasteiger partial charge in [-0.2, -0.15) is 0 Å². The van der Waals surface area contributed by atoms with Gasteiger partial charge in [0.1, 0.15) is 5.75 Å². The van der Waals surface area contributed by atoms with E-state index in [-0.39, 0.29) is 0 Å². The number of nitrogens with zero attached hydrogens (tertiary/aromatic N) is 1. The molecule has 0 N–H and O–H groups in total. The molecule has 1 atom stereocenters. The summed E-state index contributed by atoms with van der Waals surface area (Å²) in [5, 5.41) is 0. The van der Waals surface area contributed by atoms with Crippen LogP contribution in [-0.2, 0) is 9.53 Å². The third-order valence-electron chi connectivity index (χ3n) is 4.91. The van der Waals surface area contributed by atoms with Gasteiger partial charge in [0.25, 0.3) is 0 Å². The summed E-state index contributed by atoms with van der Waals surface area (Å²) in [6.07, 6.45) is 3.73. The Hall–Kier alpha value is -1.55. The first-order chi connectivity index (χ1) is 10.8. The molecule has 2 fully saturated rings. The van der Waals surface area contributed by atoms with Crippen molar-refractivity contribution in [1.29, 1.82) is 0 Å². The fraction of sp³-hybridized carbons (Fsp3) is 0.611. The van der Waals surface area contributed by atoms with Gasteiger partial charge in [0.15, 0.2) is 0 Å². The number of methoxy groups -OCH3 is 1. The normalized spacial score (nSPS) is 22.8. The summed E-state index contributed by atoms with van der Waals surface area (Å²) in [7, 11) is 1.72. The predicted molar refractivity (Wildman–Crippen MR) is 85.1 cm³/mol. The molecule has 3 rings (SSSR count). The van der Waals surface area contributed by atoms with E-state index in [0.717, 1.165) is 51.3 Å². The maximum atomic E-state index is 12.4. The Labute approximate surface area is 132 Å². The molecule has 0 radical (unpaired) electrons. The number of piperidine rings is 1. The zero-order valence-electron chi connectivity index (χ0n) is 13.3. The second kappa shape index (κ2) is 7.14. The van der Waals surface area contributed by atoms with E-state index < -0.39 is 0 Å². The summed E-state index contributed by atoms with van der Waals surface area (Å²) < 4.78 is 10.8. The van der Waals surface area contributed by atoms with Crippen molar-refractivity contribution in [3.63, 3.8) is 0 Å². The van der Waals surface area contributed by atoms with Gasteiger partial charge in [0.2, 0.25) is 5.91 Å². The summed E-state index contributed by atoms with van der Waals surface area (Å²) >= 11 is 0. The van der Waals surface area contributed by atoms with Gasteiger partial charge >= 0.3 is 0 Å². The van der Waals surface area contributed by atoms with Crippen molar-refractivity contribution in [1.82, 2.24) is 4.90 Å². The van der Waals surface area contributed by atoms with Crippen molar-refractivity contribution in [2.24, 2.45) is 5.92 Å². The monoisotopic (exact) mass is 303 g/mol. The lowest BCUT2D eigenvalue weighted by Crippen LogP contribution is -2.38. The maximum absolute atomic E-state index is 12.4. The highest BCUT2D eigenvalue weighted by atomic mass is 16.5. The number of benzene rings is 1. The van der Waals surface area contributed by atoms with Gasteiger partial charge in [0.05, 0.1) is 7.11 Å². The quantitative estimate of drug-likeness (QED) is 0.858. The van der Waals surface area contributed by atoms with E-state index >= 15 is 0 Å². The Bertz CT molecular complexity index is 503. The van der Waals surface area contributed by atoms with Gasteiger partial charge < -0.3 is 14.4 Å². The summed E-state index contributed by atoms with van der Waals surface area (Å²) in [6, 6.07) is 8.24. The van der Waals surface area contributed by atoms with Gasteiger partial charge in [-0.15, -0.1) is 0 Å². The Morgan fingerprint density at radius 2 is 2.05 bits per heavy atom. The van der Waals surface area contributed by atoms with E-state index in [4.69, 9.17) is 9.47 Å². The van der Waals surface area contributed by atoms with Crippen LogP contribution in [0.3, 0.4) is 0 Å². The second-order valence-corrected chi connectivity index (χ2v) is 6.33. The smallest absolute Gasteiger partial charge is 0.222 e. The third-order valence-corrected chi connectivity index (χ3v) is 4.91. The molecule has 120 valence electrons. The van der Waals surface area contributed by atoms with Crippen molar-refractivity contribution in [3.05, 3.63) is 29.8 Å². The van der Waals surface area contributed by atoms with Gasteiger partial charge in [-0.3, -0.25) is 4.79 Å². The third kappa shape index (κ3) is 3.43. The molecule has 1 amide bonds. The summed E-state index contributed by atoms with van der Waals surface area (Å²) in [5.41, 5.74) is 1.28. The van der Waals surface area contributed by atoms with Crippen LogP contribution in [0, 0.1) is 5.92 Å². The molecule has 0 saturated carbocycles. The molecule has 22 heavy (non-hydrogen) atoms. The maximum Gasteiger partial charge on any atom is 0.222 e. The van der Waals surface area contributed by atoms with Crippen molar-refractivity contribution < 1.29 is 14.3 Å². The molecule has 2 aliphatic heterocycles. The molecule has 4 heteroatoms. The molecular formula is C18H25NO3. The highest BCUT2D eigenvalue weighted by Gasteiger charge is 2.27. The fourth-order valence-electron chi connectivity index (χ4n) is 3.56. The Morgan fingerprint density at radius 1 is 1.27 bits per heavy atom. The zero-order chi connectivity index (χ0) is 15.4. The highest BCUT2D eigenvalue weighted by Crippen LogP contribution is 2.34. The highest BCUT2D eigenvalue weighted by molar-refractivity contribution is 5.76. The van der Waals surface area contributed by atoms with E-state index in [1.165, 1.54) is 5.56 Å². The van der Waals surface area contributed by atoms with Crippen LogP contribution in [0.1, 0.15) is 37.2 Å². The topological polar surface area (TPSA) is 38.8 Å². The van der Waals surface area contributed by atoms with Crippen LogP contribution in [0.5, 0.6) is 5.75 Å². The fourth-order valence-corrected chi connectivity index (χ4v) is 3.56. The average Bonchev–Trinajstić information content (AvgIpc) is 3.08. The number of likely N-dealkylation sites (tertiary alicyclic amines) is 1. The molecule has 2 aliphatic rings. The second-order valence-electron chi connectivity index (χ2n) is 6.33. The lowest BCUT2D eigenvalue weighted by molar-refractivity contribution is -0.133. The molecule has 1 aromatic rings. The zero-order valence-corrected chi connectivity index (χ0v) is 13.3. The molecule has 0 aliphatic carbocycles. The number of hydrogen-bond acceptors (Lipinski definition) is 3. The standard InChI is InChI=1S/C18H25NO3/c1-21-17-5-3-2-4-16(17)15-6-9-19(10-7-15)18(20)12-14-8-11-22-13-14/h2-5,14-15H,6-13H2,1H3/t14-/m0/s1. The average molecular weight is 303 g/mol. The summed E-state index contributed by atoms with van der Waals surface area (Å²) in [4.78, 5) is 14.4. The first-order valence-electron chi connectivity index (χ1n) is 8.26. The first-order valence-corrected chi connectivity index (χ1v) is 8.26. The Morgan fingerprint density at radius 3 is 2.73 bits per heavy atom. The Kier molecular flexibility index (Phi) is 4.98. The lowest BCUT2D eigenvalue weighted by Gasteiger charge is -2.33. The minimum atomic E-state index is 0.300. The van der Waals surface area contributed by atoms with Gasteiger partial charge in [-0.05, 0) is 42.7 Å². The number of hydrogen-bond donors (Lipinski definition) is 0. The molecule has 4 nitrogen and oxygen atoms in total. The molecule has 1 aromatic carbocycles. The molecule has 0 bridgehead atoms. The molecule has 0 spiro atoms. The van der Waals surface area contributed by atoms with E-state index in [1.54, 1.807) is 7.11 Å². The van der Waals surface area contributed by atoms with Crippen LogP contribution >= 0.6 is 0 Å². The van der Waals surface area contributed by atoms with E-state index in [1.807, 2.05) is 17.0 Å². The predicted octanol–water partition coefficient (Wildman–Crippen LogP) is 2.83. The molecule has 2 saturated heterocycles.